The van der Waals surface area contributed by atoms with Gasteiger partial charge in [-0.15, -0.1) is 0 Å². The minimum atomic E-state index is -0.791. The van der Waals surface area contributed by atoms with E-state index in [1.165, 1.54) is 5.56 Å². The van der Waals surface area contributed by atoms with Gasteiger partial charge in [-0.3, -0.25) is 14.5 Å². The Morgan fingerprint density at radius 2 is 1.66 bits per heavy atom. The second kappa shape index (κ2) is 7.47. The van der Waals surface area contributed by atoms with Gasteiger partial charge >= 0.3 is 6.03 Å². The Bertz CT molecular complexity index is 989. The first kappa shape index (κ1) is 19.4. The molecule has 0 bridgehead atoms. The molecule has 1 saturated carbocycles. The summed E-state index contributed by atoms with van der Waals surface area (Å²) in [6.45, 7) is 3.82. The third-order valence-electron chi connectivity index (χ3n) is 6.24. The van der Waals surface area contributed by atoms with Gasteiger partial charge in [-0.05, 0) is 55.0 Å². The van der Waals surface area contributed by atoms with E-state index in [0.717, 1.165) is 40.9 Å². The zero-order valence-corrected chi connectivity index (χ0v) is 17.0. The first-order valence-corrected chi connectivity index (χ1v) is 10.3. The zero-order valence-electron chi connectivity index (χ0n) is 17.0. The maximum absolute atomic E-state index is 12.9. The van der Waals surface area contributed by atoms with Crippen molar-refractivity contribution in [3.8, 4) is 11.1 Å². The second-order valence-corrected chi connectivity index (χ2v) is 8.23. The molecular weight excluding hydrogens is 364 g/mol. The molecule has 29 heavy (non-hydrogen) atoms. The van der Waals surface area contributed by atoms with E-state index in [4.69, 9.17) is 0 Å². The van der Waals surface area contributed by atoms with Gasteiger partial charge in [0.05, 0.1) is 6.54 Å². The molecule has 150 valence electrons. The standard InChI is InChI=1S/C24H26N2O3/c1-16-8-4-5-9-19(16)20-11-10-18(14-17(20)2)21(27)15-26-22(28)24(25-23(26)29)12-6-3-7-13-24/h4-5,8-11,14H,3,6-7,12-13,15H2,1-2H3,(H,25,29). The van der Waals surface area contributed by atoms with E-state index in [2.05, 4.69) is 24.4 Å². The van der Waals surface area contributed by atoms with Crippen molar-refractivity contribution < 1.29 is 14.4 Å². The molecule has 1 spiro atoms. The average Bonchev–Trinajstić information content (AvgIpc) is 2.93. The van der Waals surface area contributed by atoms with E-state index < -0.39 is 11.6 Å². The normalized spacial score (nSPS) is 18.2. The number of aryl methyl sites for hydroxylation is 2. The molecule has 1 saturated heterocycles. The van der Waals surface area contributed by atoms with E-state index in [0.29, 0.717) is 18.4 Å². The molecule has 0 aromatic heterocycles. The van der Waals surface area contributed by atoms with Crippen LogP contribution in [0.3, 0.4) is 0 Å². The van der Waals surface area contributed by atoms with Gasteiger partial charge in [0, 0.05) is 5.56 Å². The molecule has 2 aromatic carbocycles. The summed E-state index contributed by atoms with van der Waals surface area (Å²) in [5, 5.41) is 2.86. The highest BCUT2D eigenvalue weighted by atomic mass is 16.2. The molecule has 0 radical (unpaired) electrons. The third kappa shape index (κ3) is 3.46. The van der Waals surface area contributed by atoms with Crippen LogP contribution >= 0.6 is 0 Å². The summed E-state index contributed by atoms with van der Waals surface area (Å²) in [5.74, 6) is -0.468. The molecular formula is C24H26N2O3. The Balaban J connectivity index is 1.53. The number of urea groups is 1. The highest BCUT2D eigenvalue weighted by molar-refractivity contribution is 6.11. The van der Waals surface area contributed by atoms with Crippen molar-refractivity contribution >= 4 is 17.7 Å². The van der Waals surface area contributed by atoms with Crippen molar-refractivity contribution in [1.29, 1.82) is 0 Å². The van der Waals surface area contributed by atoms with E-state index in [1.807, 2.05) is 31.2 Å². The predicted molar refractivity (Wildman–Crippen MR) is 112 cm³/mol. The Hall–Kier alpha value is -2.95. The number of hydrogen-bond donors (Lipinski definition) is 1. The summed E-state index contributed by atoms with van der Waals surface area (Å²) in [6, 6.07) is 13.3. The molecule has 1 N–H and O–H groups in total. The second-order valence-electron chi connectivity index (χ2n) is 8.23. The van der Waals surface area contributed by atoms with Crippen LogP contribution in [0.2, 0.25) is 0 Å². The number of amides is 3. The van der Waals surface area contributed by atoms with Crippen molar-refractivity contribution in [3.05, 3.63) is 59.2 Å². The number of ketones is 1. The highest BCUT2D eigenvalue weighted by Gasteiger charge is 2.51. The van der Waals surface area contributed by atoms with Gasteiger partial charge in [-0.1, -0.05) is 55.7 Å². The van der Waals surface area contributed by atoms with E-state index >= 15 is 0 Å². The van der Waals surface area contributed by atoms with E-state index in [9.17, 15) is 14.4 Å². The molecule has 2 fully saturated rings. The molecule has 4 rings (SSSR count). The number of hydrogen-bond acceptors (Lipinski definition) is 3. The number of imide groups is 1. The molecule has 1 aliphatic heterocycles. The number of nitrogens with zero attached hydrogens (tertiary/aromatic N) is 1. The summed E-state index contributed by atoms with van der Waals surface area (Å²) >= 11 is 0. The van der Waals surface area contributed by atoms with Crippen LogP contribution in [-0.2, 0) is 4.79 Å². The summed E-state index contributed by atoms with van der Waals surface area (Å²) in [6.07, 6.45) is 4.25. The van der Waals surface area contributed by atoms with Gasteiger partial charge in [-0.25, -0.2) is 4.79 Å². The van der Waals surface area contributed by atoms with Crippen LogP contribution in [0.15, 0.2) is 42.5 Å². The van der Waals surface area contributed by atoms with Gasteiger partial charge in [-0.2, -0.15) is 0 Å². The Morgan fingerprint density at radius 3 is 2.34 bits per heavy atom. The third-order valence-corrected chi connectivity index (χ3v) is 6.24. The van der Waals surface area contributed by atoms with Crippen LogP contribution in [0, 0.1) is 13.8 Å². The number of rotatable bonds is 4. The van der Waals surface area contributed by atoms with Crippen molar-refractivity contribution in [1.82, 2.24) is 10.2 Å². The fourth-order valence-corrected chi connectivity index (χ4v) is 4.56. The van der Waals surface area contributed by atoms with Gasteiger partial charge in [0.2, 0.25) is 0 Å². The fraction of sp³-hybridized carbons (Fsp3) is 0.375. The molecule has 2 aliphatic rings. The van der Waals surface area contributed by atoms with Crippen LogP contribution in [0.1, 0.15) is 53.6 Å². The lowest BCUT2D eigenvalue weighted by atomic mass is 9.82. The molecule has 5 heteroatoms. The van der Waals surface area contributed by atoms with Crippen LogP contribution in [0.5, 0.6) is 0 Å². The quantitative estimate of drug-likeness (QED) is 0.621. The van der Waals surface area contributed by atoms with Crippen molar-refractivity contribution in [2.45, 2.75) is 51.5 Å². The molecule has 3 amide bonds. The van der Waals surface area contributed by atoms with Crippen LogP contribution < -0.4 is 5.32 Å². The van der Waals surface area contributed by atoms with E-state index in [-0.39, 0.29) is 18.2 Å². The number of carbonyl (C=O) groups is 3. The number of Topliss-reactive ketones (excluding diaryl/α,β-unsaturated/α-hetero) is 1. The summed E-state index contributed by atoms with van der Waals surface area (Å²) in [4.78, 5) is 39.3. The Labute approximate surface area is 171 Å². The van der Waals surface area contributed by atoms with Crippen molar-refractivity contribution in [2.24, 2.45) is 0 Å². The predicted octanol–water partition coefficient (Wildman–Crippen LogP) is 4.41. The molecule has 0 atom stereocenters. The van der Waals surface area contributed by atoms with Crippen LogP contribution in [-0.4, -0.2) is 34.7 Å². The minimum absolute atomic E-state index is 0.213. The molecule has 0 unspecified atom stereocenters. The largest absolute Gasteiger partial charge is 0.325 e. The maximum atomic E-state index is 12.9. The maximum Gasteiger partial charge on any atom is 0.325 e. The van der Waals surface area contributed by atoms with Crippen molar-refractivity contribution in [3.63, 3.8) is 0 Å². The summed E-state index contributed by atoms with van der Waals surface area (Å²) < 4.78 is 0. The summed E-state index contributed by atoms with van der Waals surface area (Å²) in [7, 11) is 0. The molecule has 1 heterocycles. The van der Waals surface area contributed by atoms with Gasteiger partial charge < -0.3 is 5.32 Å². The number of carbonyl (C=O) groups excluding carboxylic acids is 3. The SMILES string of the molecule is Cc1ccccc1-c1ccc(C(=O)CN2C(=O)NC3(CCCCC3)C2=O)cc1C. The van der Waals surface area contributed by atoms with Crippen LogP contribution in [0.25, 0.3) is 11.1 Å². The lowest BCUT2D eigenvalue weighted by Crippen LogP contribution is -2.48. The molecule has 2 aromatic rings. The molecule has 1 aliphatic carbocycles. The monoisotopic (exact) mass is 390 g/mol. The zero-order chi connectivity index (χ0) is 20.6. The molecule has 5 nitrogen and oxygen atoms in total. The number of benzene rings is 2. The van der Waals surface area contributed by atoms with Crippen LogP contribution in [0.4, 0.5) is 4.79 Å². The fourth-order valence-electron chi connectivity index (χ4n) is 4.56. The highest BCUT2D eigenvalue weighted by Crippen LogP contribution is 2.34. The Morgan fingerprint density at radius 1 is 0.966 bits per heavy atom. The Kier molecular flexibility index (Phi) is 4.99. The lowest BCUT2D eigenvalue weighted by Gasteiger charge is -2.30. The topological polar surface area (TPSA) is 66.5 Å². The number of nitrogens with one attached hydrogen (secondary N) is 1. The van der Waals surface area contributed by atoms with E-state index in [1.54, 1.807) is 6.07 Å². The van der Waals surface area contributed by atoms with Gasteiger partial charge in [0.25, 0.3) is 5.91 Å². The average molecular weight is 390 g/mol. The van der Waals surface area contributed by atoms with Crippen molar-refractivity contribution in [2.75, 3.05) is 6.54 Å². The first-order chi connectivity index (χ1) is 13.9. The smallest absolute Gasteiger partial charge is 0.323 e. The van der Waals surface area contributed by atoms with Gasteiger partial charge in [0.1, 0.15) is 5.54 Å². The van der Waals surface area contributed by atoms with Gasteiger partial charge in [0.15, 0.2) is 5.78 Å². The lowest BCUT2D eigenvalue weighted by molar-refractivity contribution is -0.132. The first-order valence-electron chi connectivity index (χ1n) is 10.3. The summed E-state index contributed by atoms with van der Waals surface area (Å²) in [5.41, 5.74) is 4.11. The minimum Gasteiger partial charge on any atom is -0.323 e.